The van der Waals surface area contributed by atoms with E-state index in [-0.39, 0.29) is 11.7 Å². The minimum Gasteiger partial charge on any atom is -0.423 e. The summed E-state index contributed by atoms with van der Waals surface area (Å²) < 4.78 is 11.9. The SMILES string of the molecule is Cc1cccc(C(=O)Oc2ccccc2/C=C/C(=O)Oc2ccccc2/C=N/NC(=O)c2ccc(Br)cc2)c1. The van der Waals surface area contributed by atoms with Crippen molar-refractivity contribution in [1.82, 2.24) is 5.43 Å². The minimum atomic E-state index is -0.644. The Labute approximate surface area is 233 Å². The summed E-state index contributed by atoms with van der Waals surface area (Å²) in [7, 11) is 0. The maximum atomic E-state index is 12.6. The molecule has 0 atom stereocenters. The second kappa shape index (κ2) is 13.1. The highest BCUT2D eigenvalue weighted by molar-refractivity contribution is 9.10. The third-order valence-corrected chi connectivity index (χ3v) is 5.91. The number of hydrogen-bond donors (Lipinski definition) is 1. The lowest BCUT2D eigenvalue weighted by atomic mass is 10.1. The van der Waals surface area contributed by atoms with Gasteiger partial charge in [0.15, 0.2) is 0 Å². The third-order valence-electron chi connectivity index (χ3n) is 5.38. The molecule has 4 rings (SSSR count). The molecule has 4 aromatic carbocycles. The molecule has 0 aliphatic rings. The van der Waals surface area contributed by atoms with Crippen molar-refractivity contribution in [3.63, 3.8) is 0 Å². The number of rotatable bonds is 8. The summed E-state index contributed by atoms with van der Waals surface area (Å²) in [4.78, 5) is 37.4. The Morgan fingerprint density at radius 1 is 0.769 bits per heavy atom. The maximum absolute atomic E-state index is 12.6. The number of para-hydroxylation sites is 2. The second-order valence-electron chi connectivity index (χ2n) is 8.30. The summed E-state index contributed by atoms with van der Waals surface area (Å²) in [6, 6.07) is 27.6. The lowest BCUT2D eigenvalue weighted by Crippen LogP contribution is -2.17. The van der Waals surface area contributed by atoms with Crippen LogP contribution < -0.4 is 14.9 Å². The molecule has 0 heterocycles. The molecule has 0 saturated heterocycles. The number of carbonyl (C=O) groups is 3. The van der Waals surface area contributed by atoms with Gasteiger partial charge in [-0.3, -0.25) is 4.79 Å². The van der Waals surface area contributed by atoms with Gasteiger partial charge >= 0.3 is 11.9 Å². The van der Waals surface area contributed by atoms with Crippen LogP contribution in [0.5, 0.6) is 11.5 Å². The smallest absolute Gasteiger partial charge is 0.343 e. The summed E-state index contributed by atoms with van der Waals surface area (Å²) in [5.74, 6) is -0.954. The Morgan fingerprint density at radius 3 is 2.15 bits per heavy atom. The van der Waals surface area contributed by atoms with Gasteiger partial charge in [-0.25, -0.2) is 15.0 Å². The van der Waals surface area contributed by atoms with Crippen LogP contribution in [-0.4, -0.2) is 24.1 Å². The first-order valence-corrected chi connectivity index (χ1v) is 12.6. The van der Waals surface area contributed by atoms with Crippen LogP contribution in [0, 0.1) is 6.92 Å². The number of nitrogens with one attached hydrogen (secondary N) is 1. The molecule has 1 N–H and O–H groups in total. The quantitative estimate of drug-likeness (QED) is 0.0857. The predicted octanol–water partition coefficient (Wildman–Crippen LogP) is 6.36. The molecule has 7 nitrogen and oxygen atoms in total. The van der Waals surface area contributed by atoms with Gasteiger partial charge < -0.3 is 9.47 Å². The monoisotopic (exact) mass is 582 g/mol. The fraction of sp³-hybridized carbons (Fsp3) is 0.0323. The Morgan fingerprint density at radius 2 is 1.44 bits per heavy atom. The van der Waals surface area contributed by atoms with Crippen LogP contribution in [0.4, 0.5) is 0 Å². The molecule has 0 fully saturated rings. The molecular formula is C31H23BrN2O5. The molecule has 0 radical (unpaired) electrons. The minimum absolute atomic E-state index is 0.257. The number of esters is 2. The molecule has 194 valence electrons. The number of nitrogens with zero attached hydrogens (tertiary/aromatic N) is 1. The molecule has 4 aromatic rings. The molecule has 0 aromatic heterocycles. The average Bonchev–Trinajstić information content (AvgIpc) is 2.94. The van der Waals surface area contributed by atoms with Gasteiger partial charge in [-0.05, 0) is 67.6 Å². The first kappa shape index (κ1) is 27.2. The third kappa shape index (κ3) is 7.83. The van der Waals surface area contributed by atoms with Gasteiger partial charge in [-0.2, -0.15) is 5.10 Å². The van der Waals surface area contributed by atoms with Crippen molar-refractivity contribution in [1.29, 1.82) is 0 Å². The number of hydrogen-bond acceptors (Lipinski definition) is 6. The van der Waals surface area contributed by atoms with E-state index < -0.39 is 11.9 Å². The number of ether oxygens (including phenoxy) is 2. The fourth-order valence-electron chi connectivity index (χ4n) is 3.45. The van der Waals surface area contributed by atoms with Crippen molar-refractivity contribution in [3.8, 4) is 11.5 Å². The Bertz CT molecular complexity index is 1560. The number of carbonyl (C=O) groups excluding carboxylic acids is 3. The number of aryl methyl sites for hydroxylation is 1. The van der Waals surface area contributed by atoms with Gasteiger partial charge in [0.05, 0.1) is 11.8 Å². The maximum Gasteiger partial charge on any atom is 0.343 e. The second-order valence-corrected chi connectivity index (χ2v) is 9.21. The normalized spacial score (nSPS) is 10.9. The summed E-state index contributed by atoms with van der Waals surface area (Å²) >= 11 is 3.33. The molecule has 39 heavy (non-hydrogen) atoms. The first-order chi connectivity index (χ1) is 18.9. The predicted molar refractivity (Wildman–Crippen MR) is 153 cm³/mol. The highest BCUT2D eigenvalue weighted by atomic mass is 79.9. The van der Waals surface area contributed by atoms with E-state index in [1.807, 2.05) is 13.0 Å². The van der Waals surface area contributed by atoms with Crippen LogP contribution in [-0.2, 0) is 4.79 Å². The summed E-state index contributed by atoms with van der Waals surface area (Å²) in [6.07, 6.45) is 4.14. The van der Waals surface area contributed by atoms with E-state index >= 15 is 0 Å². The fourth-order valence-corrected chi connectivity index (χ4v) is 3.71. The van der Waals surface area contributed by atoms with Crippen LogP contribution >= 0.6 is 15.9 Å². The van der Waals surface area contributed by atoms with Crippen molar-refractivity contribution in [2.24, 2.45) is 5.10 Å². The van der Waals surface area contributed by atoms with Crippen molar-refractivity contribution in [3.05, 3.63) is 135 Å². The van der Waals surface area contributed by atoms with Crippen molar-refractivity contribution < 1.29 is 23.9 Å². The van der Waals surface area contributed by atoms with Gasteiger partial charge in [0, 0.05) is 27.2 Å². The van der Waals surface area contributed by atoms with E-state index in [9.17, 15) is 14.4 Å². The van der Waals surface area contributed by atoms with Gasteiger partial charge in [-0.15, -0.1) is 0 Å². The van der Waals surface area contributed by atoms with Gasteiger partial charge in [0.25, 0.3) is 5.91 Å². The Hall–Kier alpha value is -4.82. The largest absolute Gasteiger partial charge is 0.423 e. The van der Waals surface area contributed by atoms with Crippen LogP contribution in [0.15, 0.2) is 113 Å². The molecule has 0 unspecified atom stereocenters. The van der Waals surface area contributed by atoms with E-state index in [0.29, 0.717) is 28.0 Å². The van der Waals surface area contributed by atoms with Crippen LogP contribution in [0.2, 0.25) is 0 Å². The number of benzene rings is 4. The first-order valence-electron chi connectivity index (χ1n) is 11.8. The standard InChI is InChI=1S/C31H23BrN2O5/c1-21-7-6-10-24(19-21)31(37)39-27-11-4-2-8-22(27)15-18-29(35)38-28-12-5-3-9-25(28)20-33-34-30(36)23-13-16-26(32)17-14-23/h2-20H,1H3,(H,34,36)/b18-15+,33-20+. The molecule has 0 aliphatic carbocycles. The Balaban J connectivity index is 1.40. The number of halogens is 1. The van der Waals surface area contributed by atoms with Gasteiger partial charge in [0.2, 0.25) is 0 Å². The molecule has 0 saturated carbocycles. The van der Waals surface area contributed by atoms with Crippen molar-refractivity contribution >= 4 is 46.1 Å². The van der Waals surface area contributed by atoms with Crippen LogP contribution in [0.25, 0.3) is 6.08 Å². The zero-order valence-corrected chi connectivity index (χ0v) is 22.4. The molecule has 1 amide bonds. The number of hydrazone groups is 1. The van der Waals surface area contributed by atoms with Crippen molar-refractivity contribution in [2.45, 2.75) is 6.92 Å². The molecule has 0 spiro atoms. The van der Waals surface area contributed by atoms with Crippen LogP contribution in [0.3, 0.4) is 0 Å². The number of amides is 1. The van der Waals surface area contributed by atoms with Gasteiger partial charge in [0.1, 0.15) is 11.5 Å². The summed E-state index contributed by atoms with van der Waals surface area (Å²) in [5.41, 5.74) is 5.29. The zero-order valence-electron chi connectivity index (χ0n) is 20.8. The van der Waals surface area contributed by atoms with Crippen LogP contribution in [0.1, 0.15) is 37.4 Å². The summed E-state index contributed by atoms with van der Waals surface area (Å²) in [6.45, 7) is 1.89. The van der Waals surface area contributed by atoms with Crippen molar-refractivity contribution in [2.75, 3.05) is 0 Å². The van der Waals surface area contributed by atoms with E-state index in [2.05, 4.69) is 26.5 Å². The van der Waals surface area contributed by atoms with Gasteiger partial charge in [-0.1, -0.05) is 64.0 Å². The molecule has 0 bridgehead atoms. The Kier molecular flexibility index (Phi) is 9.16. The summed E-state index contributed by atoms with van der Waals surface area (Å²) in [5, 5.41) is 3.98. The molecule has 0 aliphatic heterocycles. The van der Waals surface area contributed by atoms with E-state index in [1.165, 1.54) is 18.4 Å². The van der Waals surface area contributed by atoms with E-state index in [1.54, 1.807) is 91.0 Å². The zero-order chi connectivity index (χ0) is 27.6. The lowest BCUT2D eigenvalue weighted by molar-refractivity contribution is -0.128. The average molecular weight is 583 g/mol. The lowest BCUT2D eigenvalue weighted by Gasteiger charge is -2.08. The molecular weight excluding hydrogens is 560 g/mol. The topological polar surface area (TPSA) is 94.1 Å². The molecule has 8 heteroatoms. The highest BCUT2D eigenvalue weighted by Gasteiger charge is 2.12. The van der Waals surface area contributed by atoms with E-state index in [4.69, 9.17) is 9.47 Å². The highest BCUT2D eigenvalue weighted by Crippen LogP contribution is 2.22. The van der Waals surface area contributed by atoms with E-state index in [0.717, 1.165) is 10.0 Å².